The number of nitrogens with two attached hydrogens (primary N) is 1. The van der Waals surface area contributed by atoms with Gasteiger partial charge in [0.1, 0.15) is 0 Å². The van der Waals surface area contributed by atoms with Crippen molar-refractivity contribution in [3.63, 3.8) is 0 Å². The van der Waals surface area contributed by atoms with Crippen LogP contribution in [0.1, 0.15) is 20.3 Å². The van der Waals surface area contributed by atoms with E-state index in [1.807, 2.05) is 6.92 Å². The van der Waals surface area contributed by atoms with Crippen molar-refractivity contribution in [3.05, 3.63) is 0 Å². The highest BCUT2D eigenvalue weighted by molar-refractivity contribution is 4.34. The zero-order valence-corrected chi connectivity index (χ0v) is 4.76. The molecule has 0 amide bonds. The lowest BCUT2D eigenvalue weighted by atomic mass is 10.3. The molecule has 0 heterocycles. The van der Waals surface area contributed by atoms with E-state index in [4.69, 9.17) is 10.3 Å². The molecule has 0 fully saturated rings. The first-order valence-electron chi connectivity index (χ1n) is 2.21. The Hall–Kier alpha value is -0.120. The van der Waals surface area contributed by atoms with E-state index in [2.05, 4.69) is 5.90 Å². The highest BCUT2D eigenvalue weighted by Gasteiger charge is 1.81. The summed E-state index contributed by atoms with van der Waals surface area (Å²) in [6, 6.07) is 0. The summed E-state index contributed by atoms with van der Waals surface area (Å²) < 4.78 is 0. The van der Waals surface area contributed by atoms with Crippen LogP contribution in [0.15, 0.2) is 0 Å². The summed E-state index contributed by atoms with van der Waals surface area (Å²) in [6.45, 7) is 3.73. The highest BCUT2D eigenvalue weighted by Crippen LogP contribution is 1.81. The van der Waals surface area contributed by atoms with Gasteiger partial charge in [-0.3, -0.25) is 0 Å². The number of hydrogen-bond donors (Lipinski definition) is 3. The van der Waals surface area contributed by atoms with E-state index < -0.39 is 0 Å². The van der Waals surface area contributed by atoms with Crippen LogP contribution < -0.4 is 5.90 Å². The maximum absolute atomic E-state index is 8.36. The Bertz CT molecular complexity index is 23.7. The SMILES string of the molecule is CCC(C)O.NO. The minimum atomic E-state index is -0.116. The number of aliphatic hydroxyl groups is 1. The van der Waals surface area contributed by atoms with Crippen LogP contribution >= 0.6 is 0 Å². The van der Waals surface area contributed by atoms with Crippen molar-refractivity contribution >= 4 is 0 Å². The highest BCUT2D eigenvalue weighted by atomic mass is 16.4. The van der Waals surface area contributed by atoms with Crippen molar-refractivity contribution in [2.45, 2.75) is 26.4 Å². The van der Waals surface area contributed by atoms with Crippen LogP contribution in [-0.4, -0.2) is 16.4 Å². The average molecular weight is 107 g/mol. The van der Waals surface area contributed by atoms with Gasteiger partial charge in [-0.1, -0.05) is 6.92 Å². The van der Waals surface area contributed by atoms with Crippen LogP contribution in [0.5, 0.6) is 0 Å². The average Bonchev–Trinajstić information content (AvgIpc) is 1.73. The predicted molar refractivity (Wildman–Crippen MR) is 27.9 cm³/mol. The minimum absolute atomic E-state index is 0.116. The van der Waals surface area contributed by atoms with Crippen molar-refractivity contribution < 1.29 is 10.3 Å². The van der Waals surface area contributed by atoms with Gasteiger partial charge in [-0.25, -0.2) is 5.90 Å². The first-order chi connectivity index (χ1) is 3.27. The molecule has 46 valence electrons. The monoisotopic (exact) mass is 107 g/mol. The van der Waals surface area contributed by atoms with E-state index in [0.29, 0.717) is 0 Å². The second kappa shape index (κ2) is 9.30. The molecule has 0 aromatic heterocycles. The Kier molecular flexibility index (Phi) is 13.3. The summed E-state index contributed by atoms with van der Waals surface area (Å²) >= 11 is 0. The van der Waals surface area contributed by atoms with E-state index in [1.54, 1.807) is 6.92 Å². The topological polar surface area (TPSA) is 66.5 Å². The molecule has 0 aliphatic carbocycles. The van der Waals surface area contributed by atoms with Gasteiger partial charge < -0.3 is 10.3 Å². The zero-order valence-electron chi connectivity index (χ0n) is 4.76. The maximum atomic E-state index is 8.36. The third-order valence-corrected chi connectivity index (χ3v) is 0.591. The van der Waals surface area contributed by atoms with E-state index in [-0.39, 0.29) is 6.10 Å². The van der Waals surface area contributed by atoms with E-state index in [1.165, 1.54) is 0 Å². The van der Waals surface area contributed by atoms with Gasteiger partial charge >= 0.3 is 0 Å². The van der Waals surface area contributed by atoms with Crippen molar-refractivity contribution in [1.82, 2.24) is 0 Å². The second-order valence-electron chi connectivity index (χ2n) is 1.26. The molecule has 4 N–H and O–H groups in total. The van der Waals surface area contributed by atoms with E-state index >= 15 is 0 Å². The fraction of sp³-hybridized carbons (Fsp3) is 1.00. The predicted octanol–water partition coefficient (Wildman–Crippen LogP) is 0.111. The fourth-order valence-electron chi connectivity index (χ4n) is 0. The summed E-state index contributed by atoms with van der Waals surface area (Å²) in [7, 11) is 0. The number of aliphatic hydroxyl groups excluding tert-OH is 1. The quantitative estimate of drug-likeness (QED) is 0.417. The molecule has 1 atom stereocenters. The molecule has 0 saturated carbocycles. The molecule has 1 unspecified atom stereocenters. The number of rotatable bonds is 1. The van der Waals surface area contributed by atoms with Gasteiger partial charge in [0.25, 0.3) is 0 Å². The molecule has 0 aromatic rings. The minimum Gasteiger partial charge on any atom is -0.393 e. The Balaban J connectivity index is 0. The van der Waals surface area contributed by atoms with Crippen molar-refractivity contribution in [2.24, 2.45) is 5.90 Å². The summed E-state index contributed by atoms with van der Waals surface area (Å²) in [6.07, 6.45) is 0.745. The van der Waals surface area contributed by atoms with Crippen LogP contribution in [0.3, 0.4) is 0 Å². The van der Waals surface area contributed by atoms with Gasteiger partial charge in [-0.2, -0.15) is 0 Å². The molecular weight excluding hydrogens is 94.0 g/mol. The molecule has 0 aromatic carbocycles. The molecule has 0 radical (unpaired) electrons. The number of hydrogen-bond acceptors (Lipinski definition) is 3. The molecule has 0 aliphatic heterocycles. The van der Waals surface area contributed by atoms with Gasteiger partial charge in [-0.05, 0) is 13.3 Å². The van der Waals surface area contributed by atoms with Crippen molar-refractivity contribution in [1.29, 1.82) is 0 Å². The third-order valence-electron chi connectivity index (χ3n) is 0.591. The molecule has 0 saturated heterocycles. The van der Waals surface area contributed by atoms with E-state index in [0.717, 1.165) is 6.42 Å². The Labute approximate surface area is 43.7 Å². The van der Waals surface area contributed by atoms with Gasteiger partial charge in [0.05, 0.1) is 6.10 Å². The zero-order chi connectivity index (χ0) is 6.28. The van der Waals surface area contributed by atoms with Crippen LogP contribution in [0.25, 0.3) is 0 Å². The smallest absolute Gasteiger partial charge is 0.0509 e. The molecule has 3 nitrogen and oxygen atoms in total. The summed E-state index contributed by atoms with van der Waals surface area (Å²) in [5.41, 5.74) is 0. The standard InChI is InChI=1S/C4H10O.H3NO/c1-3-4(2)5;1-2/h4-5H,3H2,1-2H3;2H,1H2. The van der Waals surface area contributed by atoms with Gasteiger partial charge in [0, 0.05) is 0 Å². The van der Waals surface area contributed by atoms with Crippen LogP contribution in [-0.2, 0) is 0 Å². The lowest BCUT2D eigenvalue weighted by molar-refractivity contribution is 0.191. The van der Waals surface area contributed by atoms with Gasteiger partial charge in [0.15, 0.2) is 0 Å². The lowest BCUT2D eigenvalue weighted by Crippen LogP contribution is -1.93. The second-order valence-corrected chi connectivity index (χ2v) is 1.26. The molecular formula is C4H13NO2. The summed E-state index contributed by atoms with van der Waals surface area (Å²) in [4.78, 5) is 0. The van der Waals surface area contributed by atoms with Crippen molar-refractivity contribution in [2.75, 3.05) is 0 Å². The first-order valence-corrected chi connectivity index (χ1v) is 2.21. The molecule has 0 aliphatic rings. The first kappa shape index (κ1) is 9.99. The lowest BCUT2D eigenvalue weighted by Gasteiger charge is -1.90. The fourth-order valence-corrected chi connectivity index (χ4v) is 0. The third kappa shape index (κ3) is 25.0. The normalized spacial score (nSPS) is 11.6. The van der Waals surface area contributed by atoms with Gasteiger partial charge in [-0.15, -0.1) is 0 Å². The van der Waals surface area contributed by atoms with Crippen LogP contribution in [0, 0.1) is 0 Å². The Morgan fingerprint density at radius 2 is 1.71 bits per heavy atom. The molecule has 7 heavy (non-hydrogen) atoms. The Morgan fingerprint density at radius 1 is 1.57 bits per heavy atom. The summed E-state index contributed by atoms with van der Waals surface area (Å²) in [5.74, 6) is 3.50. The van der Waals surface area contributed by atoms with Crippen LogP contribution in [0.4, 0.5) is 0 Å². The molecule has 0 rings (SSSR count). The summed E-state index contributed by atoms with van der Waals surface area (Å²) in [5, 5.41) is 14.9. The molecule has 0 spiro atoms. The molecule has 3 heteroatoms. The largest absolute Gasteiger partial charge is 0.393 e. The van der Waals surface area contributed by atoms with Gasteiger partial charge in [0.2, 0.25) is 0 Å². The maximum Gasteiger partial charge on any atom is 0.0509 e. The van der Waals surface area contributed by atoms with Crippen LogP contribution in [0.2, 0.25) is 0 Å². The molecule has 0 bridgehead atoms. The van der Waals surface area contributed by atoms with Crippen molar-refractivity contribution in [3.8, 4) is 0 Å². The Morgan fingerprint density at radius 3 is 1.71 bits per heavy atom. The van der Waals surface area contributed by atoms with E-state index in [9.17, 15) is 0 Å².